The fourth-order valence-corrected chi connectivity index (χ4v) is 1.22. The number of alkyl halides is 1. The largest absolute Gasteiger partial charge is 0.460 e. The van der Waals surface area contributed by atoms with Crippen molar-refractivity contribution in [1.82, 2.24) is 4.98 Å². The number of nitrogens with zero attached hydrogens (tertiary/aromatic N) is 1. The molecule has 0 aliphatic carbocycles. The molecule has 1 rings (SSSR count). The zero-order valence-corrected chi connectivity index (χ0v) is 8.89. The van der Waals surface area contributed by atoms with Crippen LogP contribution in [0.15, 0.2) is 11.7 Å². The summed E-state index contributed by atoms with van der Waals surface area (Å²) in [5.74, 6) is -0.302. The van der Waals surface area contributed by atoms with Crippen LogP contribution in [0.1, 0.15) is 16.6 Å². The molecule has 0 bridgehead atoms. The number of thiazole rings is 1. The number of ether oxygens (including phenoxy) is 1. The maximum atomic E-state index is 11.1. The molecule has 0 aromatic carbocycles. The minimum atomic E-state index is -0.302. The standard InChI is InChI=1S/C7H8BrNO2S/c1-5(8)3-11-7(10)6-2-9-4-12-6/h2,4-5H,3H2,1H3. The molecule has 1 aromatic rings. The minimum Gasteiger partial charge on any atom is -0.460 e. The van der Waals surface area contributed by atoms with Gasteiger partial charge in [0.1, 0.15) is 11.5 Å². The summed E-state index contributed by atoms with van der Waals surface area (Å²) in [6, 6.07) is 0. The Labute approximate surface area is 82.9 Å². The second-order valence-corrected chi connectivity index (χ2v) is 4.69. The molecular formula is C7H8BrNO2S. The Morgan fingerprint density at radius 2 is 2.67 bits per heavy atom. The van der Waals surface area contributed by atoms with Gasteiger partial charge < -0.3 is 4.74 Å². The second-order valence-electron chi connectivity index (χ2n) is 2.24. The molecule has 0 fully saturated rings. The molecule has 0 spiro atoms. The Morgan fingerprint density at radius 3 is 3.17 bits per heavy atom. The lowest BCUT2D eigenvalue weighted by atomic mass is 10.5. The van der Waals surface area contributed by atoms with Crippen LogP contribution in [0.4, 0.5) is 0 Å². The van der Waals surface area contributed by atoms with E-state index in [0.29, 0.717) is 11.5 Å². The number of halogens is 1. The third kappa shape index (κ3) is 2.91. The van der Waals surface area contributed by atoms with E-state index >= 15 is 0 Å². The predicted octanol–water partition coefficient (Wildman–Crippen LogP) is 2.08. The van der Waals surface area contributed by atoms with E-state index in [2.05, 4.69) is 20.9 Å². The molecule has 5 heteroatoms. The lowest BCUT2D eigenvalue weighted by Crippen LogP contribution is -2.10. The van der Waals surface area contributed by atoms with E-state index in [9.17, 15) is 4.79 Å². The van der Waals surface area contributed by atoms with E-state index < -0.39 is 0 Å². The van der Waals surface area contributed by atoms with Crippen molar-refractivity contribution in [2.75, 3.05) is 6.61 Å². The summed E-state index contributed by atoms with van der Waals surface area (Å²) in [5.41, 5.74) is 1.61. The molecule has 0 saturated carbocycles. The van der Waals surface area contributed by atoms with Crippen molar-refractivity contribution >= 4 is 33.2 Å². The van der Waals surface area contributed by atoms with E-state index in [1.54, 1.807) is 5.51 Å². The molecule has 1 atom stereocenters. The Hall–Kier alpha value is -0.420. The van der Waals surface area contributed by atoms with Crippen LogP contribution in [-0.2, 0) is 4.74 Å². The lowest BCUT2D eigenvalue weighted by Gasteiger charge is -2.03. The first-order valence-electron chi connectivity index (χ1n) is 3.40. The molecule has 0 aliphatic rings. The van der Waals surface area contributed by atoms with E-state index in [1.165, 1.54) is 17.5 Å². The number of aromatic nitrogens is 1. The molecule has 0 N–H and O–H groups in total. The summed E-state index contributed by atoms with van der Waals surface area (Å²) < 4.78 is 4.93. The number of rotatable bonds is 3. The van der Waals surface area contributed by atoms with Gasteiger partial charge in [-0.1, -0.05) is 15.9 Å². The van der Waals surface area contributed by atoms with E-state index in [4.69, 9.17) is 4.74 Å². The molecule has 0 saturated heterocycles. The third-order valence-corrected chi connectivity index (χ3v) is 2.10. The summed E-state index contributed by atoms with van der Waals surface area (Å²) in [6.07, 6.45) is 1.51. The third-order valence-electron chi connectivity index (χ3n) is 1.08. The Balaban J connectivity index is 2.40. The van der Waals surface area contributed by atoms with Gasteiger partial charge in [-0.2, -0.15) is 0 Å². The van der Waals surface area contributed by atoms with E-state index in [-0.39, 0.29) is 10.8 Å². The second kappa shape index (κ2) is 4.57. The highest BCUT2D eigenvalue weighted by Gasteiger charge is 2.09. The number of hydrogen-bond acceptors (Lipinski definition) is 4. The molecule has 0 radical (unpaired) electrons. The van der Waals surface area contributed by atoms with Crippen LogP contribution in [0, 0.1) is 0 Å². The van der Waals surface area contributed by atoms with Crippen molar-refractivity contribution in [2.45, 2.75) is 11.8 Å². The number of carbonyl (C=O) groups is 1. The van der Waals surface area contributed by atoms with Gasteiger partial charge in [0.15, 0.2) is 0 Å². The molecule has 0 aliphatic heterocycles. The monoisotopic (exact) mass is 249 g/mol. The molecular weight excluding hydrogens is 242 g/mol. The van der Waals surface area contributed by atoms with E-state index in [0.717, 1.165) is 0 Å². The topological polar surface area (TPSA) is 39.2 Å². The van der Waals surface area contributed by atoms with Crippen LogP contribution in [0.25, 0.3) is 0 Å². The van der Waals surface area contributed by atoms with Crippen molar-refractivity contribution in [3.05, 3.63) is 16.6 Å². The van der Waals surface area contributed by atoms with Crippen LogP contribution < -0.4 is 0 Å². The van der Waals surface area contributed by atoms with Gasteiger partial charge in [-0.25, -0.2) is 4.79 Å². The van der Waals surface area contributed by atoms with Gasteiger partial charge in [0.2, 0.25) is 0 Å². The molecule has 3 nitrogen and oxygen atoms in total. The van der Waals surface area contributed by atoms with Gasteiger partial charge in [-0.3, -0.25) is 4.98 Å². The highest BCUT2D eigenvalue weighted by molar-refractivity contribution is 9.09. The summed E-state index contributed by atoms with van der Waals surface area (Å²) in [7, 11) is 0. The van der Waals surface area contributed by atoms with Gasteiger partial charge in [-0.05, 0) is 6.92 Å². The van der Waals surface area contributed by atoms with Gasteiger partial charge in [0, 0.05) is 4.83 Å². The normalized spacial score (nSPS) is 12.5. The van der Waals surface area contributed by atoms with Crippen molar-refractivity contribution in [2.24, 2.45) is 0 Å². The van der Waals surface area contributed by atoms with Gasteiger partial charge in [0.25, 0.3) is 0 Å². The quantitative estimate of drug-likeness (QED) is 0.609. The van der Waals surface area contributed by atoms with Gasteiger partial charge in [0.05, 0.1) is 11.7 Å². The molecule has 1 unspecified atom stereocenters. The number of esters is 1. The minimum absolute atomic E-state index is 0.189. The van der Waals surface area contributed by atoms with Crippen molar-refractivity contribution in [3.8, 4) is 0 Å². The summed E-state index contributed by atoms with van der Waals surface area (Å²) in [6.45, 7) is 2.30. The molecule has 66 valence electrons. The first-order chi connectivity index (χ1) is 5.70. The lowest BCUT2D eigenvalue weighted by molar-refractivity contribution is 0.0517. The maximum absolute atomic E-state index is 11.1. The maximum Gasteiger partial charge on any atom is 0.349 e. The number of hydrogen-bond donors (Lipinski definition) is 0. The van der Waals surface area contributed by atoms with Crippen molar-refractivity contribution < 1.29 is 9.53 Å². The molecule has 1 aromatic heterocycles. The summed E-state index contributed by atoms with van der Waals surface area (Å²) in [4.78, 5) is 15.6. The molecule has 12 heavy (non-hydrogen) atoms. The Bertz CT molecular complexity index is 248. The fraction of sp³-hybridized carbons (Fsp3) is 0.429. The van der Waals surface area contributed by atoms with Gasteiger partial charge >= 0.3 is 5.97 Å². The highest BCUT2D eigenvalue weighted by Crippen LogP contribution is 2.08. The SMILES string of the molecule is CC(Br)COC(=O)c1cncs1. The average molecular weight is 250 g/mol. The Morgan fingerprint density at radius 1 is 1.92 bits per heavy atom. The van der Waals surface area contributed by atoms with Crippen LogP contribution in [0.2, 0.25) is 0 Å². The average Bonchev–Trinajstić information content (AvgIpc) is 2.51. The summed E-state index contributed by atoms with van der Waals surface area (Å²) >= 11 is 4.56. The van der Waals surface area contributed by atoms with Crippen molar-refractivity contribution in [1.29, 1.82) is 0 Å². The smallest absolute Gasteiger partial charge is 0.349 e. The highest BCUT2D eigenvalue weighted by atomic mass is 79.9. The zero-order valence-electron chi connectivity index (χ0n) is 6.49. The first-order valence-corrected chi connectivity index (χ1v) is 5.19. The zero-order chi connectivity index (χ0) is 8.97. The van der Waals surface area contributed by atoms with Crippen LogP contribution in [0.5, 0.6) is 0 Å². The van der Waals surface area contributed by atoms with Crippen LogP contribution >= 0.6 is 27.3 Å². The first kappa shape index (κ1) is 9.67. The van der Waals surface area contributed by atoms with Crippen molar-refractivity contribution in [3.63, 3.8) is 0 Å². The number of carbonyl (C=O) groups excluding carboxylic acids is 1. The van der Waals surface area contributed by atoms with E-state index in [1.807, 2.05) is 6.92 Å². The summed E-state index contributed by atoms with van der Waals surface area (Å²) in [5, 5.41) is 0. The fourth-order valence-electron chi connectivity index (χ4n) is 0.578. The van der Waals surface area contributed by atoms with Crippen LogP contribution in [-0.4, -0.2) is 22.4 Å². The predicted molar refractivity (Wildman–Crippen MR) is 50.8 cm³/mol. The van der Waals surface area contributed by atoms with Gasteiger partial charge in [-0.15, -0.1) is 11.3 Å². The Kier molecular flexibility index (Phi) is 3.68. The molecule has 1 heterocycles. The molecule has 0 amide bonds. The van der Waals surface area contributed by atoms with Crippen LogP contribution in [0.3, 0.4) is 0 Å².